The van der Waals surface area contributed by atoms with Crippen LogP contribution in [0.5, 0.6) is 5.75 Å². The van der Waals surface area contributed by atoms with Gasteiger partial charge in [-0.25, -0.2) is 9.59 Å². The van der Waals surface area contributed by atoms with Gasteiger partial charge in [-0.05, 0) is 49.4 Å². The third-order valence-electron chi connectivity index (χ3n) is 4.78. The van der Waals surface area contributed by atoms with E-state index in [0.29, 0.717) is 17.7 Å². The van der Waals surface area contributed by atoms with Gasteiger partial charge in [0.25, 0.3) is 0 Å². The summed E-state index contributed by atoms with van der Waals surface area (Å²) in [7, 11) is 1.34. The zero-order valence-corrected chi connectivity index (χ0v) is 15.9. The maximum atomic E-state index is 12.8. The molecule has 0 spiro atoms. The number of halogens is 1. The van der Waals surface area contributed by atoms with E-state index in [1.54, 1.807) is 23.1 Å². The van der Waals surface area contributed by atoms with E-state index in [2.05, 4.69) is 21.2 Å². The van der Waals surface area contributed by atoms with E-state index in [1.807, 2.05) is 31.2 Å². The number of urea groups is 1. The van der Waals surface area contributed by atoms with Gasteiger partial charge in [0.05, 0.1) is 18.7 Å². The molecule has 1 saturated heterocycles. The Kier molecular flexibility index (Phi) is 3.91. The summed E-state index contributed by atoms with van der Waals surface area (Å²) in [5, 5.41) is 3.02. The lowest BCUT2D eigenvalue weighted by Crippen LogP contribution is -2.65. The monoisotopic (exact) mass is 416 g/mol. The Balaban J connectivity index is 1.75. The maximum absolute atomic E-state index is 12.8. The van der Waals surface area contributed by atoms with Gasteiger partial charge in [-0.15, -0.1) is 0 Å². The normalized spacial score (nSPS) is 23.6. The third-order valence-corrected chi connectivity index (χ3v) is 5.31. The Morgan fingerprint density at radius 1 is 1.31 bits per heavy atom. The molecule has 26 heavy (non-hydrogen) atoms. The van der Waals surface area contributed by atoms with E-state index in [1.165, 1.54) is 7.11 Å². The summed E-state index contributed by atoms with van der Waals surface area (Å²) in [5.74, 6) is 0.235. The van der Waals surface area contributed by atoms with Crippen LogP contribution in [0.2, 0.25) is 0 Å². The first-order valence-electron chi connectivity index (χ1n) is 8.19. The Morgan fingerprint density at radius 3 is 2.73 bits per heavy atom. The van der Waals surface area contributed by atoms with Crippen LogP contribution in [0.1, 0.15) is 35.3 Å². The number of carbonyl (C=O) groups is 2. The van der Waals surface area contributed by atoms with Crippen LogP contribution >= 0.6 is 15.9 Å². The van der Waals surface area contributed by atoms with E-state index < -0.39 is 11.7 Å². The zero-order chi connectivity index (χ0) is 18.5. The molecule has 2 aliphatic rings. The Morgan fingerprint density at radius 2 is 2.04 bits per heavy atom. The topological polar surface area (TPSA) is 67.9 Å². The van der Waals surface area contributed by atoms with Gasteiger partial charge < -0.3 is 14.8 Å². The number of esters is 1. The predicted octanol–water partition coefficient (Wildman–Crippen LogP) is 4.01. The minimum absolute atomic E-state index is 0.229. The SMILES string of the molecule is COC(=O)c1ccc2c(c1)[C@H]1C[C@@](C)(O2)N(c2ccc(Br)cc2)C(=O)N1. The number of amides is 2. The highest BCUT2D eigenvalue weighted by Gasteiger charge is 2.49. The number of hydrogen-bond acceptors (Lipinski definition) is 4. The largest absolute Gasteiger partial charge is 0.467 e. The van der Waals surface area contributed by atoms with Crippen molar-refractivity contribution in [3.8, 4) is 5.75 Å². The summed E-state index contributed by atoms with van der Waals surface area (Å²) in [6.45, 7) is 1.90. The second-order valence-corrected chi connectivity index (χ2v) is 7.45. The third kappa shape index (κ3) is 2.63. The maximum Gasteiger partial charge on any atom is 0.337 e. The fourth-order valence-corrected chi connectivity index (χ4v) is 3.86. The van der Waals surface area contributed by atoms with Crippen LogP contribution in [-0.4, -0.2) is 24.8 Å². The van der Waals surface area contributed by atoms with Gasteiger partial charge in [0.1, 0.15) is 5.75 Å². The first kappa shape index (κ1) is 16.9. The van der Waals surface area contributed by atoms with Crippen molar-refractivity contribution in [1.82, 2.24) is 5.32 Å². The predicted molar refractivity (Wildman–Crippen MR) is 99.3 cm³/mol. The van der Waals surface area contributed by atoms with Crippen molar-refractivity contribution in [2.75, 3.05) is 12.0 Å². The summed E-state index contributed by atoms with van der Waals surface area (Å²) >= 11 is 3.41. The molecule has 2 heterocycles. The van der Waals surface area contributed by atoms with Gasteiger partial charge in [-0.1, -0.05) is 15.9 Å². The standard InChI is InChI=1S/C19H17BrN2O4/c1-19-10-15(14-9-11(17(23)25-2)3-8-16(14)26-19)21-18(24)22(19)13-6-4-12(20)5-7-13/h3-9,15H,10H2,1-2H3,(H,21,24)/t15-,19-/m1/s1. The van der Waals surface area contributed by atoms with Crippen molar-refractivity contribution in [1.29, 1.82) is 0 Å². The summed E-state index contributed by atoms with van der Waals surface area (Å²) in [5.41, 5.74) is 1.15. The first-order valence-corrected chi connectivity index (χ1v) is 8.98. The van der Waals surface area contributed by atoms with Crippen LogP contribution in [0.15, 0.2) is 46.9 Å². The van der Waals surface area contributed by atoms with Crippen molar-refractivity contribution in [3.63, 3.8) is 0 Å². The summed E-state index contributed by atoms with van der Waals surface area (Å²) in [4.78, 5) is 26.2. The molecule has 2 atom stereocenters. The lowest BCUT2D eigenvalue weighted by molar-refractivity contribution is 0.0377. The number of nitrogens with zero attached hydrogens (tertiary/aromatic N) is 1. The Labute approximate surface area is 159 Å². The van der Waals surface area contributed by atoms with Crippen molar-refractivity contribution >= 4 is 33.6 Å². The van der Waals surface area contributed by atoms with E-state index in [9.17, 15) is 9.59 Å². The zero-order valence-electron chi connectivity index (χ0n) is 14.3. The van der Waals surface area contributed by atoms with Gasteiger partial charge in [0, 0.05) is 22.1 Å². The molecule has 2 aromatic carbocycles. The van der Waals surface area contributed by atoms with Crippen LogP contribution < -0.4 is 15.0 Å². The highest BCUT2D eigenvalue weighted by molar-refractivity contribution is 9.10. The fraction of sp³-hybridized carbons (Fsp3) is 0.263. The molecule has 4 rings (SSSR count). The minimum atomic E-state index is -0.819. The molecular weight excluding hydrogens is 400 g/mol. The molecule has 2 bridgehead atoms. The molecule has 2 aliphatic heterocycles. The van der Waals surface area contributed by atoms with Gasteiger partial charge in [-0.3, -0.25) is 4.90 Å². The second-order valence-electron chi connectivity index (χ2n) is 6.54. The van der Waals surface area contributed by atoms with E-state index >= 15 is 0 Å². The molecular formula is C19H17BrN2O4. The van der Waals surface area contributed by atoms with Crippen LogP contribution in [0, 0.1) is 0 Å². The fourth-order valence-electron chi connectivity index (χ4n) is 3.60. The molecule has 1 N–H and O–H groups in total. The number of methoxy groups -OCH3 is 1. The first-order chi connectivity index (χ1) is 12.4. The molecule has 7 heteroatoms. The van der Waals surface area contributed by atoms with E-state index in [0.717, 1.165) is 15.7 Å². The van der Waals surface area contributed by atoms with Gasteiger partial charge >= 0.3 is 12.0 Å². The smallest absolute Gasteiger partial charge is 0.337 e. The molecule has 134 valence electrons. The lowest BCUT2D eigenvalue weighted by atomic mass is 9.89. The average molecular weight is 417 g/mol. The van der Waals surface area contributed by atoms with E-state index in [-0.39, 0.29) is 12.1 Å². The van der Waals surface area contributed by atoms with Crippen LogP contribution in [0.25, 0.3) is 0 Å². The number of anilines is 1. The number of hydrogen-bond donors (Lipinski definition) is 1. The summed E-state index contributed by atoms with van der Waals surface area (Å²) in [6.07, 6.45) is 0.562. The summed E-state index contributed by atoms with van der Waals surface area (Å²) < 4.78 is 11.9. The number of rotatable bonds is 2. The minimum Gasteiger partial charge on any atom is -0.467 e. The molecule has 0 unspecified atom stereocenters. The molecule has 0 aromatic heterocycles. The highest BCUT2D eigenvalue weighted by atomic mass is 79.9. The molecule has 0 radical (unpaired) electrons. The van der Waals surface area contributed by atoms with Gasteiger partial charge in [0.2, 0.25) is 0 Å². The van der Waals surface area contributed by atoms with Crippen molar-refractivity contribution in [2.45, 2.75) is 25.1 Å². The number of fused-ring (bicyclic) bond motifs is 4. The number of ether oxygens (including phenoxy) is 2. The highest BCUT2D eigenvalue weighted by Crippen LogP contribution is 2.45. The molecule has 1 fully saturated rings. The lowest BCUT2D eigenvalue weighted by Gasteiger charge is -2.50. The van der Waals surface area contributed by atoms with Crippen molar-refractivity contribution in [3.05, 3.63) is 58.1 Å². The molecule has 0 saturated carbocycles. The second kappa shape index (κ2) is 6.02. The van der Waals surface area contributed by atoms with Crippen molar-refractivity contribution < 1.29 is 19.1 Å². The quantitative estimate of drug-likeness (QED) is 0.751. The van der Waals surface area contributed by atoms with Crippen LogP contribution in [-0.2, 0) is 4.74 Å². The van der Waals surface area contributed by atoms with Crippen molar-refractivity contribution in [2.24, 2.45) is 0 Å². The molecule has 6 nitrogen and oxygen atoms in total. The van der Waals surface area contributed by atoms with Crippen LogP contribution in [0.3, 0.4) is 0 Å². The average Bonchev–Trinajstić information content (AvgIpc) is 2.61. The Hall–Kier alpha value is -2.54. The van der Waals surface area contributed by atoms with Gasteiger partial charge in [0.15, 0.2) is 5.72 Å². The Bertz CT molecular complexity index is 899. The molecule has 2 amide bonds. The number of carbonyl (C=O) groups excluding carboxylic acids is 2. The molecule has 2 aromatic rings. The molecule has 0 aliphatic carbocycles. The van der Waals surface area contributed by atoms with Crippen LogP contribution in [0.4, 0.5) is 10.5 Å². The number of benzene rings is 2. The number of nitrogens with one attached hydrogen (secondary N) is 1. The summed E-state index contributed by atoms with van der Waals surface area (Å²) in [6, 6.07) is 12.2. The van der Waals surface area contributed by atoms with E-state index in [4.69, 9.17) is 9.47 Å². The van der Waals surface area contributed by atoms with Gasteiger partial charge in [-0.2, -0.15) is 0 Å².